The number of piperidine rings is 1. The van der Waals surface area contributed by atoms with E-state index in [-0.39, 0.29) is 5.92 Å². The van der Waals surface area contributed by atoms with Crippen LogP contribution in [0.2, 0.25) is 5.02 Å². The van der Waals surface area contributed by atoms with Crippen molar-refractivity contribution in [3.63, 3.8) is 0 Å². The van der Waals surface area contributed by atoms with Crippen molar-refractivity contribution in [2.75, 3.05) is 32.8 Å². The summed E-state index contributed by atoms with van der Waals surface area (Å²) in [4.78, 5) is 2.82. The van der Waals surface area contributed by atoms with E-state index < -0.39 is 10.0 Å². The molecule has 0 saturated carbocycles. The van der Waals surface area contributed by atoms with Gasteiger partial charge in [-0.05, 0) is 92.5 Å². The molecule has 1 saturated heterocycles. The molecule has 198 valence electrons. The molecule has 3 aromatic rings. The van der Waals surface area contributed by atoms with Gasteiger partial charge < -0.3 is 9.64 Å². The molecule has 1 aliphatic rings. The van der Waals surface area contributed by atoms with Crippen LogP contribution in [0.4, 0.5) is 0 Å². The fourth-order valence-corrected chi connectivity index (χ4v) is 6.19. The third-order valence-electron chi connectivity index (χ3n) is 7.12. The first-order valence-corrected chi connectivity index (χ1v) is 15.0. The summed E-state index contributed by atoms with van der Waals surface area (Å²) < 4.78 is 34.0. The summed E-state index contributed by atoms with van der Waals surface area (Å²) in [6, 6.07) is 26.8. The Morgan fingerprint density at radius 2 is 1.62 bits per heavy atom. The highest BCUT2D eigenvalue weighted by Crippen LogP contribution is 2.27. The third-order valence-corrected chi connectivity index (χ3v) is 8.84. The first-order chi connectivity index (χ1) is 18.0. The number of likely N-dealkylation sites (tertiary alicyclic amines) is 1. The minimum Gasteiger partial charge on any atom is -0.376 e. The van der Waals surface area contributed by atoms with E-state index >= 15 is 0 Å². The normalized spacial score (nSPS) is 16.0. The van der Waals surface area contributed by atoms with Crippen LogP contribution in [0.3, 0.4) is 0 Å². The number of nitrogens with one attached hydrogen (secondary N) is 1. The van der Waals surface area contributed by atoms with Crippen LogP contribution in [0.15, 0.2) is 89.8 Å². The highest BCUT2D eigenvalue weighted by atomic mass is 35.5. The summed E-state index contributed by atoms with van der Waals surface area (Å²) in [5.41, 5.74) is 2.38. The highest BCUT2D eigenvalue weighted by Gasteiger charge is 2.22. The van der Waals surface area contributed by atoms with Crippen molar-refractivity contribution in [2.24, 2.45) is 5.92 Å². The molecule has 0 amide bonds. The van der Waals surface area contributed by atoms with Crippen LogP contribution in [0.1, 0.15) is 42.7 Å². The predicted molar refractivity (Wildman–Crippen MR) is 150 cm³/mol. The lowest BCUT2D eigenvalue weighted by Gasteiger charge is -2.33. The number of benzene rings is 3. The summed E-state index contributed by atoms with van der Waals surface area (Å²) in [5.74, 6) is 0.834. The molecule has 5 nitrogen and oxygen atoms in total. The second kappa shape index (κ2) is 14.1. The van der Waals surface area contributed by atoms with Crippen LogP contribution < -0.4 is 4.72 Å². The molecule has 1 heterocycles. The number of hydrogen-bond donors (Lipinski definition) is 1. The van der Waals surface area contributed by atoms with Crippen molar-refractivity contribution in [2.45, 2.75) is 43.1 Å². The second-order valence-electron chi connectivity index (χ2n) is 9.83. The van der Waals surface area contributed by atoms with E-state index in [4.69, 9.17) is 16.3 Å². The van der Waals surface area contributed by atoms with Gasteiger partial charge in [0.1, 0.15) is 0 Å². The summed E-state index contributed by atoms with van der Waals surface area (Å²) in [6.07, 6.45) is 3.97. The van der Waals surface area contributed by atoms with Gasteiger partial charge >= 0.3 is 0 Å². The minimum absolute atomic E-state index is 0.226. The average molecular weight is 541 g/mol. The quantitative estimate of drug-likeness (QED) is 0.284. The van der Waals surface area contributed by atoms with E-state index in [9.17, 15) is 8.42 Å². The van der Waals surface area contributed by atoms with Gasteiger partial charge in [0.2, 0.25) is 10.0 Å². The molecule has 3 aromatic carbocycles. The van der Waals surface area contributed by atoms with Gasteiger partial charge in [-0.25, -0.2) is 13.1 Å². The van der Waals surface area contributed by atoms with Gasteiger partial charge in [-0.1, -0.05) is 72.3 Å². The second-order valence-corrected chi connectivity index (χ2v) is 12.0. The van der Waals surface area contributed by atoms with Crippen LogP contribution in [-0.2, 0) is 21.4 Å². The Balaban J connectivity index is 1.24. The van der Waals surface area contributed by atoms with E-state index in [1.54, 1.807) is 24.3 Å². The zero-order valence-corrected chi connectivity index (χ0v) is 22.8. The Morgan fingerprint density at radius 1 is 0.919 bits per heavy atom. The lowest BCUT2D eigenvalue weighted by molar-refractivity contribution is 0.0571. The molecule has 1 N–H and O–H groups in total. The largest absolute Gasteiger partial charge is 0.376 e. The molecule has 7 heteroatoms. The summed E-state index contributed by atoms with van der Waals surface area (Å²) in [5, 5.41) is 0.712. The average Bonchev–Trinajstić information content (AvgIpc) is 2.92. The SMILES string of the molecule is O=S(=O)(NCCC(CCN1CCC(COCc2ccccc2)CC1)c1cccc(Cl)c1)c1ccccc1. The fraction of sp³-hybridized carbons (Fsp3) is 0.400. The molecular weight excluding hydrogens is 504 g/mol. The van der Waals surface area contributed by atoms with Crippen molar-refractivity contribution >= 4 is 21.6 Å². The van der Waals surface area contributed by atoms with E-state index in [1.807, 2.05) is 42.5 Å². The van der Waals surface area contributed by atoms with Gasteiger partial charge in [0, 0.05) is 18.2 Å². The molecule has 0 bridgehead atoms. The first kappa shape index (κ1) is 27.8. The molecule has 0 aliphatic carbocycles. The van der Waals surface area contributed by atoms with E-state index in [0.29, 0.717) is 29.0 Å². The van der Waals surface area contributed by atoms with E-state index in [2.05, 4.69) is 27.8 Å². The van der Waals surface area contributed by atoms with E-state index in [1.165, 1.54) is 5.56 Å². The van der Waals surface area contributed by atoms with Gasteiger partial charge in [0.05, 0.1) is 11.5 Å². The molecule has 0 aromatic heterocycles. The van der Waals surface area contributed by atoms with Gasteiger partial charge in [0.15, 0.2) is 0 Å². The number of nitrogens with zero attached hydrogens (tertiary/aromatic N) is 1. The number of sulfonamides is 1. The number of halogens is 1. The van der Waals surface area contributed by atoms with Crippen LogP contribution in [0, 0.1) is 5.92 Å². The monoisotopic (exact) mass is 540 g/mol. The predicted octanol–water partition coefficient (Wildman–Crippen LogP) is 6.11. The molecule has 1 aliphatic heterocycles. The van der Waals surface area contributed by atoms with Crippen LogP contribution in [0.25, 0.3) is 0 Å². The highest BCUT2D eigenvalue weighted by molar-refractivity contribution is 7.89. The molecule has 0 spiro atoms. The Bertz CT molecular complexity index is 1180. The maximum Gasteiger partial charge on any atom is 0.240 e. The number of hydrogen-bond acceptors (Lipinski definition) is 4. The standard InChI is InChI=1S/C30H37ClN2O3S/c31-29-11-7-10-28(22-29)27(14-18-32-37(34,35)30-12-5-2-6-13-30)17-21-33-19-15-26(16-20-33)24-36-23-25-8-3-1-4-9-25/h1-13,22,26-27,32H,14-21,23-24H2. The molecular formula is C30H37ClN2O3S. The van der Waals surface area contributed by atoms with Crippen molar-refractivity contribution in [3.8, 4) is 0 Å². The lowest BCUT2D eigenvalue weighted by Crippen LogP contribution is -2.36. The smallest absolute Gasteiger partial charge is 0.240 e. The van der Waals surface area contributed by atoms with Crippen molar-refractivity contribution in [1.29, 1.82) is 0 Å². The molecule has 4 rings (SSSR count). The molecule has 37 heavy (non-hydrogen) atoms. The first-order valence-electron chi connectivity index (χ1n) is 13.1. The van der Waals surface area contributed by atoms with Crippen molar-refractivity contribution < 1.29 is 13.2 Å². The van der Waals surface area contributed by atoms with Crippen molar-refractivity contribution in [3.05, 3.63) is 101 Å². The van der Waals surface area contributed by atoms with Crippen LogP contribution in [0.5, 0.6) is 0 Å². The Morgan fingerprint density at radius 3 is 2.32 bits per heavy atom. The lowest BCUT2D eigenvalue weighted by atomic mass is 9.91. The molecule has 0 radical (unpaired) electrons. The van der Waals surface area contributed by atoms with Gasteiger partial charge in [-0.15, -0.1) is 0 Å². The van der Waals surface area contributed by atoms with E-state index in [0.717, 1.165) is 57.5 Å². The van der Waals surface area contributed by atoms with Gasteiger partial charge in [-0.3, -0.25) is 0 Å². The van der Waals surface area contributed by atoms with Gasteiger partial charge in [0.25, 0.3) is 0 Å². The maximum atomic E-state index is 12.6. The topological polar surface area (TPSA) is 58.6 Å². The Labute approximate surface area is 226 Å². The summed E-state index contributed by atoms with van der Waals surface area (Å²) in [6.45, 7) is 5.01. The summed E-state index contributed by atoms with van der Waals surface area (Å²) in [7, 11) is -3.51. The van der Waals surface area contributed by atoms with Crippen LogP contribution >= 0.6 is 11.6 Å². The maximum absolute atomic E-state index is 12.6. The van der Waals surface area contributed by atoms with Crippen molar-refractivity contribution in [1.82, 2.24) is 9.62 Å². The minimum atomic E-state index is -3.51. The van der Waals surface area contributed by atoms with Crippen LogP contribution in [-0.4, -0.2) is 46.1 Å². The fourth-order valence-electron chi connectivity index (χ4n) is 4.92. The zero-order chi connectivity index (χ0) is 25.9. The van der Waals surface area contributed by atoms with Gasteiger partial charge in [-0.2, -0.15) is 0 Å². The summed E-state index contributed by atoms with van der Waals surface area (Å²) >= 11 is 6.29. The third kappa shape index (κ3) is 8.94. The molecule has 1 unspecified atom stereocenters. The Hall–Kier alpha value is -2.22. The number of rotatable bonds is 13. The Kier molecular flexibility index (Phi) is 10.6. The zero-order valence-electron chi connectivity index (χ0n) is 21.3. The number of ether oxygens (including phenoxy) is 1. The molecule has 1 atom stereocenters. The molecule has 1 fully saturated rings.